The third-order valence-corrected chi connectivity index (χ3v) is 3.86. The van der Waals surface area contributed by atoms with E-state index in [4.69, 9.17) is 0 Å². The van der Waals surface area contributed by atoms with E-state index in [1.165, 1.54) is 12.1 Å². The van der Waals surface area contributed by atoms with Gasteiger partial charge in [-0.2, -0.15) is 0 Å². The molecule has 1 aromatic heterocycles. The fraction of sp³-hybridized carbons (Fsp3) is 0.357. The van der Waals surface area contributed by atoms with E-state index in [-0.39, 0.29) is 5.82 Å². The van der Waals surface area contributed by atoms with Crippen LogP contribution in [0.2, 0.25) is 0 Å². The van der Waals surface area contributed by atoms with Crippen molar-refractivity contribution in [2.75, 3.05) is 19.0 Å². The molecule has 1 heterocycles. The number of imidazole rings is 1. The number of anilines is 1. The minimum Gasteiger partial charge on any atom is -0.348 e. The third-order valence-electron chi connectivity index (χ3n) is 3.09. The second-order valence-corrected chi connectivity index (χ2v) is 5.70. The number of nitrogens with one attached hydrogen (secondary N) is 1. The highest BCUT2D eigenvalue weighted by Crippen LogP contribution is 2.18. The molecule has 4 nitrogen and oxygen atoms in total. The first-order valence-corrected chi connectivity index (χ1v) is 7.11. The average molecular weight is 341 g/mol. The molecule has 108 valence electrons. The summed E-state index contributed by atoms with van der Waals surface area (Å²) in [6, 6.07) is 4.70. The fourth-order valence-electron chi connectivity index (χ4n) is 2.02. The Labute approximate surface area is 126 Å². The van der Waals surface area contributed by atoms with E-state index in [2.05, 4.69) is 26.2 Å². The third kappa shape index (κ3) is 3.37. The Morgan fingerprint density at radius 3 is 2.75 bits per heavy atom. The zero-order valence-electron chi connectivity index (χ0n) is 11.8. The number of hydrogen-bond acceptors (Lipinski definition) is 3. The van der Waals surface area contributed by atoms with Crippen molar-refractivity contribution in [3.8, 4) is 0 Å². The molecule has 20 heavy (non-hydrogen) atoms. The van der Waals surface area contributed by atoms with Gasteiger partial charge in [-0.25, -0.2) is 9.37 Å². The molecule has 6 heteroatoms. The lowest BCUT2D eigenvalue weighted by atomic mass is 10.2. The lowest BCUT2D eigenvalue weighted by Gasteiger charge is -2.13. The topological polar surface area (TPSA) is 33.1 Å². The van der Waals surface area contributed by atoms with Crippen LogP contribution in [0.5, 0.6) is 0 Å². The molecule has 0 radical (unpaired) electrons. The summed E-state index contributed by atoms with van der Waals surface area (Å²) in [6.45, 7) is 1.28. The van der Waals surface area contributed by atoms with Crippen LogP contribution in [0.25, 0.3) is 0 Å². The average Bonchev–Trinajstić information content (AvgIpc) is 2.75. The predicted molar refractivity (Wildman–Crippen MR) is 82.2 cm³/mol. The van der Waals surface area contributed by atoms with Gasteiger partial charge in [-0.3, -0.25) is 0 Å². The van der Waals surface area contributed by atoms with Gasteiger partial charge in [0.1, 0.15) is 5.82 Å². The van der Waals surface area contributed by atoms with Gasteiger partial charge in [0.15, 0.2) is 0 Å². The molecule has 0 aliphatic carbocycles. The summed E-state index contributed by atoms with van der Waals surface area (Å²) in [5.74, 6) is 0.689. The smallest absolute Gasteiger partial charge is 0.204 e. The summed E-state index contributed by atoms with van der Waals surface area (Å²) in [5, 5.41) is 3.30. The van der Waals surface area contributed by atoms with Gasteiger partial charge in [0, 0.05) is 38.7 Å². The van der Waals surface area contributed by atoms with Gasteiger partial charge in [-0.05, 0) is 23.8 Å². The maximum atomic E-state index is 13.2. The molecule has 0 amide bonds. The Kier molecular flexibility index (Phi) is 4.77. The van der Waals surface area contributed by atoms with Gasteiger partial charge in [0.2, 0.25) is 5.95 Å². The number of hydrogen-bond donors (Lipinski definition) is 1. The molecule has 1 aromatic carbocycles. The quantitative estimate of drug-likeness (QED) is 0.908. The SMILES string of the molecule is CN(C)c1ncc(CNCc2cc(F)ccc2Br)n1C. The summed E-state index contributed by atoms with van der Waals surface area (Å²) in [7, 11) is 5.91. The van der Waals surface area contributed by atoms with Crippen molar-refractivity contribution in [1.29, 1.82) is 0 Å². The summed E-state index contributed by atoms with van der Waals surface area (Å²) in [4.78, 5) is 6.32. The van der Waals surface area contributed by atoms with E-state index in [1.807, 2.05) is 36.8 Å². The van der Waals surface area contributed by atoms with E-state index in [0.717, 1.165) is 21.7 Å². The van der Waals surface area contributed by atoms with Crippen LogP contribution < -0.4 is 10.2 Å². The molecule has 0 fully saturated rings. The second kappa shape index (κ2) is 6.37. The van der Waals surface area contributed by atoms with Crippen LogP contribution in [0.3, 0.4) is 0 Å². The minimum absolute atomic E-state index is 0.222. The highest BCUT2D eigenvalue weighted by atomic mass is 79.9. The normalized spacial score (nSPS) is 10.8. The van der Waals surface area contributed by atoms with Crippen molar-refractivity contribution in [3.63, 3.8) is 0 Å². The standard InChI is InChI=1S/C14H18BrFN4/c1-19(2)14-18-9-12(20(14)3)8-17-7-10-6-11(16)4-5-13(10)15/h4-6,9,17H,7-8H2,1-3H3. The van der Waals surface area contributed by atoms with Crippen molar-refractivity contribution in [2.24, 2.45) is 7.05 Å². The Hall–Kier alpha value is -1.40. The predicted octanol–water partition coefficient (Wildman–Crippen LogP) is 2.68. The highest BCUT2D eigenvalue weighted by Gasteiger charge is 2.08. The molecule has 0 spiro atoms. The van der Waals surface area contributed by atoms with Crippen LogP contribution in [0.1, 0.15) is 11.3 Å². The van der Waals surface area contributed by atoms with Crippen LogP contribution in [-0.4, -0.2) is 23.6 Å². The summed E-state index contributed by atoms with van der Waals surface area (Å²) < 4.78 is 16.1. The van der Waals surface area contributed by atoms with Gasteiger partial charge >= 0.3 is 0 Å². The largest absolute Gasteiger partial charge is 0.348 e. The van der Waals surface area contributed by atoms with E-state index in [0.29, 0.717) is 13.1 Å². The van der Waals surface area contributed by atoms with Crippen LogP contribution in [0.15, 0.2) is 28.9 Å². The number of halogens is 2. The molecule has 0 unspecified atom stereocenters. The molecular formula is C14H18BrFN4. The summed E-state index contributed by atoms with van der Waals surface area (Å²) >= 11 is 3.42. The van der Waals surface area contributed by atoms with Crippen molar-refractivity contribution in [1.82, 2.24) is 14.9 Å². The molecule has 1 N–H and O–H groups in total. The Morgan fingerprint density at radius 1 is 1.35 bits per heavy atom. The molecule has 0 bridgehead atoms. The zero-order chi connectivity index (χ0) is 14.7. The molecule has 0 saturated carbocycles. The van der Waals surface area contributed by atoms with Gasteiger partial charge in [-0.1, -0.05) is 15.9 Å². The highest BCUT2D eigenvalue weighted by molar-refractivity contribution is 9.10. The molecule has 2 rings (SSSR count). The zero-order valence-corrected chi connectivity index (χ0v) is 13.4. The molecule has 0 atom stereocenters. The first-order valence-electron chi connectivity index (χ1n) is 6.31. The van der Waals surface area contributed by atoms with E-state index in [1.54, 1.807) is 6.07 Å². The lowest BCUT2D eigenvalue weighted by Crippen LogP contribution is -2.18. The molecule has 2 aromatic rings. The van der Waals surface area contributed by atoms with Crippen molar-refractivity contribution in [3.05, 3.63) is 45.9 Å². The maximum Gasteiger partial charge on any atom is 0.204 e. The van der Waals surface area contributed by atoms with E-state index < -0.39 is 0 Å². The number of aromatic nitrogens is 2. The molecular weight excluding hydrogens is 323 g/mol. The Bertz CT molecular complexity index is 595. The van der Waals surface area contributed by atoms with Crippen LogP contribution in [-0.2, 0) is 20.1 Å². The minimum atomic E-state index is -0.222. The van der Waals surface area contributed by atoms with Crippen LogP contribution in [0.4, 0.5) is 10.3 Å². The summed E-state index contributed by atoms with van der Waals surface area (Å²) in [6.07, 6.45) is 1.85. The van der Waals surface area contributed by atoms with E-state index >= 15 is 0 Å². The molecule has 0 aliphatic heterocycles. The van der Waals surface area contributed by atoms with E-state index in [9.17, 15) is 4.39 Å². The monoisotopic (exact) mass is 340 g/mol. The van der Waals surface area contributed by atoms with Gasteiger partial charge in [0.25, 0.3) is 0 Å². The molecule has 0 aliphatic rings. The lowest BCUT2D eigenvalue weighted by molar-refractivity contribution is 0.615. The van der Waals surface area contributed by atoms with Gasteiger partial charge < -0.3 is 14.8 Å². The number of nitrogens with zero attached hydrogens (tertiary/aromatic N) is 3. The maximum absolute atomic E-state index is 13.2. The van der Waals surface area contributed by atoms with Crippen molar-refractivity contribution >= 4 is 21.9 Å². The number of rotatable bonds is 5. The Balaban J connectivity index is 1.98. The van der Waals surface area contributed by atoms with Crippen LogP contribution in [0, 0.1) is 5.82 Å². The van der Waals surface area contributed by atoms with Gasteiger partial charge in [-0.15, -0.1) is 0 Å². The fourth-order valence-corrected chi connectivity index (χ4v) is 2.40. The van der Waals surface area contributed by atoms with Crippen molar-refractivity contribution in [2.45, 2.75) is 13.1 Å². The van der Waals surface area contributed by atoms with Gasteiger partial charge in [0.05, 0.1) is 11.9 Å². The van der Waals surface area contributed by atoms with Crippen LogP contribution >= 0.6 is 15.9 Å². The molecule has 0 saturated heterocycles. The van der Waals surface area contributed by atoms with Crippen molar-refractivity contribution < 1.29 is 4.39 Å². The first kappa shape index (κ1) is 15.0. The summed E-state index contributed by atoms with van der Waals surface area (Å²) in [5.41, 5.74) is 1.99. The first-order chi connectivity index (χ1) is 9.49. The number of benzene rings is 1. The second-order valence-electron chi connectivity index (χ2n) is 4.84. The Morgan fingerprint density at radius 2 is 2.10 bits per heavy atom.